The van der Waals surface area contributed by atoms with Gasteiger partial charge in [0.1, 0.15) is 17.2 Å². The van der Waals surface area contributed by atoms with E-state index in [1.165, 1.54) is 22.7 Å². The van der Waals surface area contributed by atoms with E-state index in [9.17, 15) is 10.5 Å². The Balaban J connectivity index is 0.00000841. The fraction of sp³-hybridized carbons (Fsp3) is 0.591. The Hall–Kier alpha value is -1.07. The molecule has 0 heterocycles. The van der Waals surface area contributed by atoms with Crippen LogP contribution in [0.3, 0.4) is 0 Å². The van der Waals surface area contributed by atoms with E-state index < -0.39 is 8.07 Å². The first-order valence-corrected chi connectivity index (χ1v) is 26.0. The predicted octanol–water partition coefficient (Wildman–Crippen LogP) is 5.14. The first-order valence-electron chi connectivity index (χ1n) is 20.5. The fourth-order valence-electron chi connectivity index (χ4n) is 7.14. The predicted molar refractivity (Wildman–Crippen MR) is 228 cm³/mol. The topological polar surface area (TPSA) is 111 Å². The summed E-state index contributed by atoms with van der Waals surface area (Å²) in [4.78, 5) is 0. The molecule has 9 nitrogen and oxygen atoms in total. The molecule has 0 spiro atoms. The average molecular weight is 845 g/mol. The molecule has 3 rings (SSSR count). The van der Waals surface area contributed by atoms with Crippen LogP contribution in [0.5, 0.6) is 17.2 Å². The van der Waals surface area contributed by atoms with Gasteiger partial charge in [-0.1, -0.05) is 102 Å². The summed E-state index contributed by atoms with van der Waals surface area (Å²) >= 11 is 1.97. The zero-order valence-corrected chi connectivity index (χ0v) is 39.2. The van der Waals surface area contributed by atoms with Crippen LogP contribution >= 0.6 is 24.1 Å². The van der Waals surface area contributed by atoms with Crippen molar-refractivity contribution in [3.63, 3.8) is 0 Å². The summed E-state index contributed by atoms with van der Waals surface area (Å²) in [5, 5.41) is 26.9. The Labute approximate surface area is 383 Å². The molecule has 0 aromatic heterocycles. The number of hydrogen-bond acceptors (Lipinski definition) is 11. The maximum absolute atomic E-state index is 10.1. The van der Waals surface area contributed by atoms with Gasteiger partial charge < -0.3 is 24.7 Å². The Morgan fingerprint density at radius 2 is 1.05 bits per heavy atom. The van der Waals surface area contributed by atoms with Gasteiger partial charge >= 0.3 is 37.7 Å². The van der Waals surface area contributed by atoms with Gasteiger partial charge in [0.15, 0.2) is 0 Å². The van der Waals surface area contributed by atoms with Gasteiger partial charge in [-0.15, -0.1) is 0 Å². The summed E-state index contributed by atoms with van der Waals surface area (Å²) in [5.41, 5.74) is 3.95. The van der Waals surface area contributed by atoms with Crippen LogP contribution in [-0.4, -0.2) is 39.4 Å². The molecule has 3 aromatic carbocycles. The molecule has 58 heavy (non-hydrogen) atoms. The van der Waals surface area contributed by atoms with Crippen molar-refractivity contribution in [1.82, 2.24) is 0 Å². The van der Waals surface area contributed by atoms with Crippen molar-refractivity contribution >= 4 is 32.2 Å². The second-order valence-electron chi connectivity index (χ2n) is 15.9. The fourth-order valence-corrected chi connectivity index (χ4v) is 9.03. The number of rotatable bonds is 32. The summed E-state index contributed by atoms with van der Waals surface area (Å²) in [6.07, 6.45) is 10.3. The van der Waals surface area contributed by atoms with Crippen LogP contribution in [0.1, 0.15) is 119 Å². The van der Waals surface area contributed by atoms with E-state index in [1.54, 1.807) is 0 Å². The molecule has 0 bridgehead atoms. The smallest absolute Gasteiger partial charge is 0.691 e. The van der Waals surface area contributed by atoms with Crippen LogP contribution in [0, 0.1) is 5.92 Å². The molecule has 3 aromatic rings. The van der Waals surface area contributed by atoms with Gasteiger partial charge in [0.2, 0.25) is 0 Å². The van der Waals surface area contributed by atoms with E-state index in [2.05, 4.69) is 120 Å². The van der Waals surface area contributed by atoms with Crippen LogP contribution < -0.4 is 62.4 Å². The Morgan fingerprint density at radius 3 is 1.53 bits per heavy atom. The van der Waals surface area contributed by atoms with Gasteiger partial charge in [-0.05, 0) is 122 Å². The molecule has 14 heteroatoms. The van der Waals surface area contributed by atoms with Gasteiger partial charge in [-0.3, -0.25) is 10.1 Å². The first kappa shape index (κ1) is 54.9. The molecule has 0 aliphatic carbocycles. The third-order valence-corrected chi connectivity index (χ3v) is 13.5. The van der Waals surface area contributed by atoms with E-state index in [0.717, 1.165) is 112 Å². The quantitative estimate of drug-likeness (QED) is 0.0274. The standard InChI is InChI=1S/C44H68O9S2Si.2Li/c1-7-36(8-2)30-41(40-20-12-23-44(34-40)48-25-14-28-55-53-51-46)31-38(39-19-11-22-43(33-39)49-26-15-29-56(4,5)6)18-9-16-35(3)37-17-10-21-42(32-37)47-24-13-27-54-52-50-45;;/h10-12,17,19-23,32-36,38,41,45-46H,7-9,13-16,18,24-31H2,1-6H3;;/q;2*+1/p-2. The molecule has 0 N–H and O–H groups in total. The molecular weight excluding hydrogens is 779 g/mol. The van der Waals surface area contributed by atoms with Crippen molar-refractivity contribution < 1.29 is 81.2 Å². The summed E-state index contributed by atoms with van der Waals surface area (Å²) in [7, 11) is -1.11. The molecule has 3 unspecified atom stereocenters. The van der Waals surface area contributed by atoms with E-state index in [1.807, 2.05) is 12.1 Å². The molecule has 0 fully saturated rings. The Morgan fingerprint density at radius 1 is 0.586 bits per heavy atom. The molecule has 0 saturated heterocycles. The van der Waals surface area contributed by atoms with Crippen LogP contribution in [0.25, 0.3) is 0 Å². The van der Waals surface area contributed by atoms with E-state index in [4.69, 9.17) is 14.2 Å². The Bertz CT molecular complexity index is 1470. The molecule has 3 atom stereocenters. The SMILES string of the molecule is CCC(CC)CC(CC(CCCC(C)c1cccc(OCCCSOO[O-])c1)c1cccc(OCCC[Si](C)(C)C)c1)c1cccc(OCCCSOO[O-])c1.[Li+].[Li+]. The van der Waals surface area contributed by atoms with Crippen molar-refractivity contribution in [1.29, 1.82) is 0 Å². The average Bonchev–Trinajstić information content (AvgIpc) is 3.20. The van der Waals surface area contributed by atoms with Crippen molar-refractivity contribution in [2.75, 3.05) is 31.3 Å². The van der Waals surface area contributed by atoms with Crippen LogP contribution in [0.4, 0.5) is 0 Å². The molecule has 0 radical (unpaired) electrons. The summed E-state index contributed by atoms with van der Waals surface area (Å²) in [5.74, 6) is 5.67. The summed E-state index contributed by atoms with van der Waals surface area (Å²) in [6, 6.07) is 27.2. The monoisotopic (exact) mass is 844 g/mol. The molecular formula is C44H66Li2O9S2Si. The molecule has 314 valence electrons. The first-order chi connectivity index (χ1) is 27.1. The van der Waals surface area contributed by atoms with Gasteiger partial charge in [0.05, 0.1) is 19.8 Å². The zero-order valence-electron chi connectivity index (χ0n) is 36.5. The second kappa shape index (κ2) is 32.6. The van der Waals surface area contributed by atoms with Gasteiger partial charge in [-0.2, -0.15) is 8.67 Å². The summed E-state index contributed by atoms with van der Waals surface area (Å²) < 4.78 is 27.2. The molecule has 0 aliphatic rings. The number of ether oxygens (including phenoxy) is 3. The Kier molecular flexibility index (Phi) is 30.9. The second-order valence-corrected chi connectivity index (χ2v) is 23.1. The van der Waals surface area contributed by atoms with Gasteiger partial charge in [-0.25, -0.2) is 0 Å². The number of benzene rings is 3. The van der Waals surface area contributed by atoms with Crippen molar-refractivity contribution in [2.24, 2.45) is 5.92 Å². The van der Waals surface area contributed by atoms with Crippen LogP contribution in [0.2, 0.25) is 25.7 Å². The summed E-state index contributed by atoms with van der Waals surface area (Å²) in [6.45, 7) is 16.0. The largest absolute Gasteiger partial charge is 1.00 e. The molecule has 0 amide bonds. The third-order valence-electron chi connectivity index (χ3n) is 10.4. The minimum atomic E-state index is -1.11. The van der Waals surface area contributed by atoms with Gasteiger partial charge in [0, 0.05) is 43.7 Å². The van der Waals surface area contributed by atoms with E-state index in [-0.39, 0.29) is 37.7 Å². The van der Waals surface area contributed by atoms with Crippen molar-refractivity contribution in [3.8, 4) is 17.2 Å². The maximum Gasteiger partial charge on any atom is 1.00 e. The normalized spacial score (nSPS) is 13.0. The zero-order chi connectivity index (χ0) is 40.4. The molecule has 0 saturated carbocycles. The van der Waals surface area contributed by atoms with E-state index in [0.29, 0.717) is 48.4 Å². The minimum absolute atomic E-state index is 0. The minimum Gasteiger partial charge on any atom is -0.691 e. The van der Waals surface area contributed by atoms with Gasteiger partial charge in [0.25, 0.3) is 0 Å². The molecule has 0 aliphatic heterocycles. The van der Waals surface area contributed by atoms with Crippen molar-refractivity contribution in [2.45, 2.75) is 128 Å². The van der Waals surface area contributed by atoms with Crippen LogP contribution in [0.15, 0.2) is 72.8 Å². The van der Waals surface area contributed by atoms with E-state index >= 15 is 0 Å². The third kappa shape index (κ3) is 23.2. The van der Waals surface area contributed by atoms with Crippen molar-refractivity contribution in [3.05, 3.63) is 89.5 Å². The maximum atomic E-state index is 10.1. The van der Waals surface area contributed by atoms with Crippen LogP contribution in [-0.2, 0) is 18.7 Å². The number of hydrogen-bond donors (Lipinski definition) is 0.